The van der Waals surface area contributed by atoms with Gasteiger partial charge in [0.25, 0.3) is 0 Å². The number of para-hydroxylation sites is 2. The van der Waals surface area contributed by atoms with Crippen molar-refractivity contribution in [2.24, 2.45) is 0 Å². The number of aromatic nitrogens is 3. The summed E-state index contributed by atoms with van der Waals surface area (Å²) in [6.45, 7) is 6.15. The van der Waals surface area contributed by atoms with Gasteiger partial charge in [0, 0.05) is 6.20 Å². The van der Waals surface area contributed by atoms with Gasteiger partial charge in [0.1, 0.15) is 18.2 Å². The predicted octanol–water partition coefficient (Wildman–Crippen LogP) is 4.47. The van der Waals surface area contributed by atoms with E-state index in [9.17, 15) is 5.11 Å². The van der Waals surface area contributed by atoms with Crippen LogP contribution in [-0.2, 0) is 0 Å². The Morgan fingerprint density at radius 1 is 1.23 bits per heavy atom. The molecule has 4 aromatic rings. The Morgan fingerprint density at radius 2 is 2.10 bits per heavy atom. The zero-order chi connectivity index (χ0) is 20.7. The van der Waals surface area contributed by atoms with Crippen molar-refractivity contribution < 1.29 is 9.84 Å². The normalized spacial score (nSPS) is 15.7. The van der Waals surface area contributed by atoms with Crippen LogP contribution in [-0.4, -0.2) is 39.3 Å². The fraction of sp³-hybridized carbons (Fsp3) is 0.167. The summed E-state index contributed by atoms with van der Waals surface area (Å²) in [5.74, 6) is 2.24. The molecule has 0 radical (unpaired) electrons. The summed E-state index contributed by atoms with van der Waals surface area (Å²) in [4.78, 5) is 14.8. The Bertz CT molecular complexity index is 1230. The number of aromatic amines is 1. The molecule has 2 aromatic heterocycles. The lowest BCUT2D eigenvalue weighted by molar-refractivity contribution is 0.195. The molecule has 0 aliphatic carbocycles. The number of anilines is 2. The van der Waals surface area contributed by atoms with E-state index in [1.165, 1.54) is 0 Å². The standard InChI is InChI=1S/C24H22N4O2/c1-3-16-10-11-21(25-12-16)28-17(13-29)14-30-23-18(7-5-9-20(23)28)24-26-19-8-4-6-15(2)22(19)27-24/h3-12,17,29H,1,13-14H2,2H3,(H,26,27). The first-order chi connectivity index (χ1) is 14.7. The maximum absolute atomic E-state index is 9.98. The van der Waals surface area contributed by atoms with E-state index in [1.54, 1.807) is 12.3 Å². The highest BCUT2D eigenvalue weighted by atomic mass is 16.5. The van der Waals surface area contributed by atoms with Crippen LogP contribution in [0.25, 0.3) is 28.5 Å². The number of fused-ring (bicyclic) bond motifs is 2. The Balaban J connectivity index is 1.65. The van der Waals surface area contributed by atoms with Crippen LogP contribution in [0.4, 0.5) is 11.5 Å². The van der Waals surface area contributed by atoms with Crippen molar-refractivity contribution in [2.45, 2.75) is 13.0 Å². The topological polar surface area (TPSA) is 74.3 Å². The van der Waals surface area contributed by atoms with Gasteiger partial charge >= 0.3 is 0 Å². The summed E-state index contributed by atoms with van der Waals surface area (Å²) >= 11 is 0. The molecule has 2 N–H and O–H groups in total. The molecule has 5 rings (SSSR count). The molecule has 0 amide bonds. The number of nitrogens with one attached hydrogen (secondary N) is 1. The van der Waals surface area contributed by atoms with E-state index in [1.807, 2.05) is 47.4 Å². The van der Waals surface area contributed by atoms with Crippen LogP contribution in [0.15, 0.2) is 61.3 Å². The van der Waals surface area contributed by atoms with Crippen molar-refractivity contribution in [2.75, 3.05) is 18.1 Å². The highest BCUT2D eigenvalue weighted by Gasteiger charge is 2.31. The van der Waals surface area contributed by atoms with Crippen molar-refractivity contribution in [3.05, 3.63) is 72.4 Å². The first-order valence-corrected chi connectivity index (χ1v) is 9.89. The Morgan fingerprint density at radius 3 is 2.83 bits per heavy atom. The molecule has 6 nitrogen and oxygen atoms in total. The molecule has 150 valence electrons. The second-order valence-electron chi connectivity index (χ2n) is 7.38. The van der Waals surface area contributed by atoms with Gasteiger partial charge in [-0.15, -0.1) is 0 Å². The molecule has 3 heterocycles. The van der Waals surface area contributed by atoms with Crippen LogP contribution in [0.2, 0.25) is 0 Å². The van der Waals surface area contributed by atoms with Gasteiger partial charge in [-0.25, -0.2) is 9.97 Å². The number of hydrogen-bond donors (Lipinski definition) is 2. The summed E-state index contributed by atoms with van der Waals surface area (Å²) in [5.41, 5.74) is 5.74. The second kappa shape index (κ2) is 7.31. The van der Waals surface area contributed by atoms with Gasteiger partial charge in [-0.05, 0) is 48.4 Å². The number of pyridine rings is 1. The van der Waals surface area contributed by atoms with Crippen molar-refractivity contribution in [3.63, 3.8) is 0 Å². The lowest BCUT2D eigenvalue weighted by Gasteiger charge is -2.37. The van der Waals surface area contributed by atoms with E-state index in [2.05, 4.69) is 29.5 Å². The zero-order valence-electron chi connectivity index (χ0n) is 16.7. The molecule has 6 heteroatoms. The van der Waals surface area contributed by atoms with E-state index < -0.39 is 0 Å². The second-order valence-corrected chi connectivity index (χ2v) is 7.38. The molecule has 0 spiro atoms. The quantitative estimate of drug-likeness (QED) is 0.531. The molecule has 1 aliphatic rings. The molecule has 1 atom stereocenters. The predicted molar refractivity (Wildman–Crippen MR) is 119 cm³/mol. The van der Waals surface area contributed by atoms with Gasteiger partial charge in [-0.2, -0.15) is 0 Å². The number of rotatable bonds is 4. The Kier molecular flexibility index (Phi) is 4.48. The minimum Gasteiger partial charge on any atom is -0.488 e. The average molecular weight is 398 g/mol. The smallest absolute Gasteiger partial charge is 0.154 e. The third kappa shape index (κ3) is 2.93. The fourth-order valence-electron chi connectivity index (χ4n) is 3.91. The van der Waals surface area contributed by atoms with Crippen LogP contribution in [0.1, 0.15) is 11.1 Å². The van der Waals surface area contributed by atoms with Crippen LogP contribution in [0.5, 0.6) is 5.75 Å². The molecule has 0 fully saturated rings. The number of aliphatic hydroxyl groups is 1. The maximum Gasteiger partial charge on any atom is 0.154 e. The first kappa shape index (κ1) is 18.4. The molecule has 30 heavy (non-hydrogen) atoms. The molecule has 1 aliphatic heterocycles. The minimum atomic E-state index is -0.229. The number of ether oxygens (including phenoxy) is 1. The van der Waals surface area contributed by atoms with Gasteiger partial charge in [0.2, 0.25) is 0 Å². The molecule has 1 unspecified atom stereocenters. The van der Waals surface area contributed by atoms with Gasteiger partial charge < -0.3 is 19.7 Å². The largest absolute Gasteiger partial charge is 0.488 e. The van der Waals surface area contributed by atoms with E-state index in [0.29, 0.717) is 6.61 Å². The van der Waals surface area contributed by atoms with Gasteiger partial charge in [-0.1, -0.05) is 30.9 Å². The SMILES string of the molecule is C=Cc1ccc(N2c3cccc(-c4nc5c(C)cccc5[nH]4)c3OCC2CO)nc1. The van der Waals surface area contributed by atoms with Crippen LogP contribution < -0.4 is 9.64 Å². The number of aryl methyl sites for hydroxylation is 1. The summed E-state index contributed by atoms with van der Waals surface area (Å²) in [6.07, 6.45) is 3.53. The van der Waals surface area contributed by atoms with Gasteiger partial charge in [-0.3, -0.25) is 0 Å². The highest BCUT2D eigenvalue weighted by molar-refractivity contribution is 5.86. The molecular formula is C24H22N4O2. The number of nitrogens with zero attached hydrogens (tertiary/aromatic N) is 3. The molecule has 2 aromatic carbocycles. The van der Waals surface area contributed by atoms with E-state index in [-0.39, 0.29) is 12.6 Å². The molecule has 0 bridgehead atoms. The number of hydrogen-bond acceptors (Lipinski definition) is 5. The number of aliphatic hydroxyl groups excluding tert-OH is 1. The maximum atomic E-state index is 9.98. The summed E-state index contributed by atoms with van der Waals surface area (Å²) < 4.78 is 6.13. The third-order valence-corrected chi connectivity index (χ3v) is 5.47. The highest BCUT2D eigenvalue weighted by Crippen LogP contribution is 2.44. The van der Waals surface area contributed by atoms with Crippen LogP contribution in [0, 0.1) is 6.92 Å². The monoisotopic (exact) mass is 398 g/mol. The van der Waals surface area contributed by atoms with Crippen LogP contribution >= 0.6 is 0 Å². The number of imidazole rings is 1. The number of H-pyrrole nitrogens is 1. The van der Waals surface area contributed by atoms with Gasteiger partial charge in [0.05, 0.1) is 34.9 Å². The molecule has 0 saturated carbocycles. The van der Waals surface area contributed by atoms with Crippen molar-refractivity contribution in [3.8, 4) is 17.1 Å². The zero-order valence-corrected chi connectivity index (χ0v) is 16.7. The first-order valence-electron chi connectivity index (χ1n) is 9.89. The Labute approximate surface area is 174 Å². The van der Waals surface area contributed by atoms with Crippen molar-refractivity contribution in [1.82, 2.24) is 15.0 Å². The third-order valence-electron chi connectivity index (χ3n) is 5.47. The average Bonchev–Trinajstić information content (AvgIpc) is 3.23. The summed E-state index contributed by atoms with van der Waals surface area (Å²) in [7, 11) is 0. The lowest BCUT2D eigenvalue weighted by Crippen LogP contribution is -2.43. The van der Waals surface area contributed by atoms with Gasteiger partial charge in [0.15, 0.2) is 5.75 Å². The van der Waals surface area contributed by atoms with E-state index >= 15 is 0 Å². The fourth-order valence-corrected chi connectivity index (χ4v) is 3.91. The van der Waals surface area contributed by atoms with Crippen LogP contribution in [0.3, 0.4) is 0 Å². The van der Waals surface area contributed by atoms with Crippen molar-refractivity contribution in [1.29, 1.82) is 0 Å². The van der Waals surface area contributed by atoms with E-state index in [4.69, 9.17) is 9.72 Å². The molecular weight excluding hydrogens is 376 g/mol. The summed E-state index contributed by atoms with van der Waals surface area (Å²) in [6, 6.07) is 15.7. The lowest BCUT2D eigenvalue weighted by atomic mass is 10.1. The van der Waals surface area contributed by atoms with E-state index in [0.717, 1.165) is 50.8 Å². The molecule has 0 saturated heterocycles. The number of benzene rings is 2. The Hall–Kier alpha value is -3.64. The minimum absolute atomic E-state index is 0.0433. The summed E-state index contributed by atoms with van der Waals surface area (Å²) in [5, 5.41) is 9.98. The van der Waals surface area contributed by atoms with Crippen molar-refractivity contribution >= 4 is 28.6 Å².